The molecule has 0 N–H and O–H groups in total. The van der Waals surface area contributed by atoms with Crippen molar-refractivity contribution < 1.29 is 9.47 Å². The maximum Gasteiger partial charge on any atom is 0.180 e. The lowest BCUT2D eigenvalue weighted by Gasteiger charge is -2.14. The molecule has 0 heterocycles. The van der Waals surface area contributed by atoms with Gasteiger partial charge in [0.15, 0.2) is 11.5 Å². The molecule has 0 aliphatic carbocycles. The monoisotopic (exact) mass is 347 g/mol. The quantitative estimate of drug-likeness (QED) is 0.647. The van der Waals surface area contributed by atoms with Crippen LogP contribution in [0.2, 0.25) is 10.0 Å². The Bertz CT molecular complexity index is 734. The highest BCUT2D eigenvalue weighted by atomic mass is 35.5. The minimum absolute atomic E-state index is 0.352. The fraction of sp³-hybridized carbons (Fsp3) is 0.167. The molecule has 0 saturated carbocycles. The molecule has 5 heteroatoms. The lowest BCUT2D eigenvalue weighted by molar-refractivity contribution is 0.269. The third-order valence-electron chi connectivity index (χ3n) is 2.98. The van der Waals surface area contributed by atoms with Crippen LogP contribution in [-0.4, -0.2) is 6.61 Å². The fourth-order valence-electron chi connectivity index (χ4n) is 1.96. The van der Waals surface area contributed by atoms with E-state index in [0.29, 0.717) is 34.8 Å². The van der Waals surface area contributed by atoms with Crippen molar-refractivity contribution in [3.05, 3.63) is 63.6 Å². The topological polar surface area (TPSA) is 42.2 Å². The molecule has 0 saturated heterocycles. The van der Waals surface area contributed by atoms with Gasteiger partial charge in [0.1, 0.15) is 6.61 Å². The van der Waals surface area contributed by atoms with Gasteiger partial charge in [0.05, 0.1) is 17.7 Å². The van der Waals surface area contributed by atoms with E-state index < -0.39 is 0 Å². The summed E-state index contributed by atoms with van der Waals surface area (Å²) in [6.45, 7) is 2.72. The molecule has 2 aromatic carbocycles. The number of nitriles is 1. The highest BCUT2D eigenvalue weighted by molar-refractivity contribution is 6.32. The van der Waals surface area contributed by atoms with E-state index in [9.17, 15) is 0 Å². The molecule has 3 nitrogen and oxygen atoms in total. The van der Waals surface area contributed by atoms with E-state index >= 15 is 0 Å². The Hall–Kier alpha value is -2.15. The maximum absolute atomic E-state index is 8.62. The third-order valence-corrected chi connectivity index (χ3v) is 3.51. The number of hydrogen-bond acceptors (Lipinski definition) is 3. The first-order valence-corrected chi connectivity index (χ1v) is 7.79. The summed E-state index contributed by atoms with van der Waals surface area (Å²) in [4.78, 5) is 0. The molecule has 0 aliphatic rings. The van der Waals surface area contributed by atoms with Gasteiger partial charge in [-0.05, 0) is 48.4 Å². The molecule has 0 amide bonds. The Morgan fingerprint density at radius 3 is 2.52 bits per heavy atom. The molecule has 0 radical (unpaired) electrons. The first-order chi connectivity index (χ1) is 11.1. The van der Waals surface area contributed by atoms with Crippen LogP contribution in [0, 0.1) is 11.3 Å². The van der Waals surface area contributed by atoms with Crippen LogP contribution >= 0.6 is 23.2 Å². The predicted octanol–water partition coefficient (Wildman–Crippen LogP) is 5.51. The van der Waals surface area contributed by atoms with Crippen molar-refractivity contribution in [3.8, 4) is 17.6 Å². The Morgan fingerprint density at radius 1 is 1.13 bits per heavy atom. The Balaban J connectivity index is 2.24. The van der Waals surface area contributed by atoms with Crippen LogP contribution in [-0.2, 0) is 6.61 Å². The van der Waals surface area contributed by atoms with Gasteiger partial charge >= 0.3 is 0 Å². The van der Waals surface area contributed by atoms with Crippen molar-refractivity contribution in [1.29, 1.82) is 5.26 Å². The summed E-state index contributed by atoms with van der Waals surface area (Å²) >= 11 is 12.2. The Kier molecular flexibility index (Phi) is 6.34. The zero-order chi connectivity index (χ0) is 16.7. The van der Waals surface area contributed by atoms with E-state index in [4.69, 9.17) is 37.9 Å². The van der Waals surface area contributed by atoms with Crippen LogP contribution in [0.1, 0.15) is 18.1 Å². The number of halogens is 2. The normalized spacial score (nSPS) is 10.5. The van der Waals surface area contributed by atoms with Gasteiger partial charge in [0.25, 0.3) is 0 Å². The van der Waals surface area contributed by atoms with Gasteiger partial charge in [-0.2, -0.15) is 5.26 Å². The second-order valence-corrected chi connectivity index (χ2v) is 5.48. The van der Waals surface area contributed by atoms with E-state index in [0.717, 1.165) is 11.1 Å². The van der Waals surface area contributed by atoms with Crippen LogP contribution in [0.5, 0.6) is 11.5 Å². The third kappa shape index (κ3) is 4.92. The first-order valence-electron chi connectivity index (χ1n) is 7.03. The molecular weight excluding hydrogens is 333 g/mol. The highest BCUT2D eigenvalue weighted by Crippen LogP contribution is 2.37. The molecule has 0 atom stereocenters. The summed E-state index contributed by atoms with van der Waals surface area (Å²) < 4.78 is 11.4. The number of ether oxygens (including phenoxy) is 2. The summed E-state index contributed by atoms with van der Waals surface area (Å²) in [7, 11) is 0. The highest BCUT2D eigenvalue weighted by Gasteiger charge is 2.12. The molecule has 0 unspecified atom stereocenters. The summed E-state index contributed by atoms with van der Waals surface area (Å²) in [6.07, 6.45) is 3.05. The molecule has 0 spiro atoms. The summed E-state index contributed by atoms with van der Waals surface area (Å²) in [5, 5.41) is 9.73. The zero-order valence-electron chi connectivity index (χ0n) is 12.6. The molecular formula is C18H15Cl2NO2. The predicted molar refractivity (Wildman–Crippen MR) is 93.1 cm³/mol. The fourth-order valence-corrected chi connectivity index (χ4v) is 2.36. The van der Waals surface area contributed by atoms with Crippen molar-refractivity contribution in [2.45, 2.75) is 13.5 Å². The van der Waals surface area contributed by atoms with Crippen LogP contribution in [0.15, 0.2) is 42.5 Å². The SMILES string of the molecule is CCOc1cc(/C=C/C#N)cc(Cl)c1OCc1ccc(Cl)cc1. The van der Waals surface area contributed by atoms with Gasteiger partial charge in [-0.25, -0.2) is 0 Å². The number of allylic oxidation sites excluding steroid dienone is 1. The van der Waals surface area contributed by atoms with Crippen LogP contribution in [0.25, 0.3) is 6.08 Å². The summed E-state index contributed by atoms with van der Waals surface area (Å²) in [5.41, 5.74) is 1.75. The zero-order valence-corrected chi connectivity index (χ0v) is 14.1. The van der Waals surface area contributed by atoms with Crippen molar-refractivity contribution in [1.82, 2.24) is 0 Å². The molecule has 0 fully saturated rings. The minimum atomic E-state index is 0.352. The lowest BCUT2D eigenvalue weighted by Crippen LogP contribution is -2.00. The number of hydrogen-bond donors (Lipinski definition) is 0. The van der Waals surface area contributed by atoms with Gasteiger partial charge in [-0.15, -0.1) is 0 Å². The summed E-state index contributed by atoms with van der Waals surface area (Å²) in [5.74, 6) is 1.03. The van der Waals surface area contributed by atoms with E-state index in [1.807, 2.05) is 25.1 Å². The first kappa shape index (κ1) is 17.2. The molecule has 118 valence electrons. The van der Waals surface area contributed by atoms with Crippen LogP contribution in [0.4, 0.5) is 0 Å². The molecule has 0 aliphatic heterocycles. The largest absolute Gasteiger partial charge is 0.490 e. The molecule has 23 heavy (non-hydrogen) atoms. The number of benzene rings is 2. The van der Waals surface area contributed by atoms with Crippen molar-refractivity contribution >= 4 is 29.3 Å². The minimum Gasteiger partial charge on any atom is -0.490 e. The van der Waals surface area contributed by atoms with Gasteiger partial charge in [-0.1, -0.05) is 35.3 Å². The van der Waals surface area contributed by atoms with Crippen molar-refractivity contribution in [2.75, 3.05) is 6.61 Å². The van der Waals surface area contributed by atoms with E-state index in [1.54, 1.807) is 30.3 Å². The van der Waals surface area contributed by atoms with Gasteiger partial charge < -0.3 is 9.47 Å². The van der Waals surface area contributed by atoms with Crippen molar-refractivity contribution in [2.24, 2.45) is 0 Å². The van der Waals surface area contributed by atoms with Crippen molar-refractivity contribution in [3.63, 3.8) is 0 Å². The molecule has 0 bridgehead atoms. The van der Waals surface area contributed by atoms with Gasteiger partial charge in [0, 0.05) is 11.1 Å². The average Bonchev–Trinajstić information content (AvgIpc) is 2.54. The maximum atomic E-state index is 8.62. The molecule has 0 aromatic heterocycles. The van der Waals surface area contributed by atoms with E-state index in [1.165, 1.54) is 6.08 Å². The number of rotatable bonds is 6. The average molecular weight is 348 g/mol. The van der Waals surface area contributed by atoms with Crippen LogP contribution in [0.3, 0.4) is 0 Å². The number of nitrogens with zero attached hydrogens (tertiary/aromatic N) is 1. The van der Waals surface area contributed by atoms with Gasteiger partial charge in [-0.3, -0.25) is 0 Å². The second-order valence-electron chi connectivity index (χ2n) is 4.64. The second kappa shape index (κ2) is 8.47. The smallest absolute Gasteiger partial charge is 0.180 e. The molecule has 2 aromatic rings. The Morgan fingerprint density at radius 2 is 1.87 bits per heavy atom. The summed E-state index contributed by atoms with van der Waals surface area (Å²) in [6, 6.07) is 12.9. The van der Waals surface area contributed by atoms with Crippen LogP contribution < -0.4 is 9.47 Å². The lowest BCUT2D eigenvalue weighted by atomic mass is 10.2. The standard InChI is InChI=1S/C18H15Cl2NO2/c1-2-22-17-11-14(4-3-9-21)10-16(20)18(17)23-12-13-5-7-15(19)8-6-13/h3-8,10-11H,2,12H2,1H3/b4-3+. The van der Waals surface area contributed by atoms with E-state index in [2.05, 4.69) is 0 Å². The van der Waals surface area contributed by atoms with E-state index in [-0.39, 0.29) is 0 Å². The molecule has 2 rings (SSSR count). The van der Waals surface area contributed by atoms with Gasteiger partial charge in [0.2, 0.25) is 0 Å². The Labute approximate surface area is 145 Å².